The Kier molecular flexibility index (Phi) is 6.80. The number of ether oxygens (including phenoxy) is 1. The summed E-state index contributed by atoms with van der Waals surface area (Å²) in [4.78, 5) is 12.2. The van der Waals surface area contributed by atoms with E-state index in [1.165, 1.54) is 0 Å². The molecule has 1 heterocycles. The fourth-order valence-corrected chi connectivity index (χ4v) is 2.78. The average molecular weight is 431 g/mol. The third-order valence-electron chi connectivity index (χ3n) is 3.28. The highest BCUT2D eigenvalue weighted by molar-refractivity contribution is 9.10. The first kappa shape index (κ1) is 18.3. The van der Waals surface area contributed by atoms with Crippen LogP contribution in [0.2, 0.25) is 0 Å². The van der Waals surface area contributed by atoms with E-state index in [2.05, 4.69) is 26.6 Å². The monoisotopic (exact) mass is 428 g/mol. The molecular weight excluding hydrogens is 414 g/mol. The Labute approximate surface area is 152 Å². The van der Waals surface area contributed by atoms with Gasteiger partial charge in [-0.2, -0.15) is 0 Å². The van der Waals surface area contributed by atoms with Crippen LogP contribution in [0.4, 0.5) is 0 Å². The van der Waals surface area contributed by atoms with Crippen molar-refractivity contribution in [1.82, 2.24) is 10.6 Å². The Morgan fingerprint density at radius 1 is 1.36 bits per heavy atom. The highest BCUT2D eigenvalue weighted by atomic mass is 79.9. The molecular formula is C14H16BrCl3N2O2. The minimum atomic E-state index is -1.66. The first-order valence-electron chi connectivity index (χ1n) is 6.84. The van der Waals surface area contributed by atoms with Gasteiger partial charge < -0.3 is 10.1 Å². The Bertz CT molecular complexity index is 502. The van der Waals surface area contributed by atoms with Gasteiger partial charge in [-0.25, -0.2) is 0 Å². The first-order valence-corrected chi connectivity index (χ1v) is 8.77. The van der Waals surface area contributed by atoms with Crippen molar-refractivity contribution in [1.29, 1.82) is 0 Å². The molecule has 1 aromatic rings. The lowest BCUT2D eigenvalue weighted by molar-refractivity contribution is 0.0897. The first-order chi connectivity index (χ1) is 10.4. The van der Waals surface area contributed by atoms with Crippen LogP contribution >= 0.6 is 50.7 Å². The van der Waals surface area contributed by atoms with E-state index in [9.17, 15) is 4.79 Å². The molecule has 2 atom stereocenters. The molecule has 2 N–H and O–H groups in total. The normalized spacial score (nSPS) is 19.9. The van der Waals surface area contributed by atoms with Crippen molar-refractivity contribution in [3.8, 4) is 0 Å². The molecule has 22 heavy (non-hydrogen) atoms. The molecule has 1 saturated heterocycles. The number of carbonyl (C=O) groups excluding carboxylic acids is 1. The van der Waals surface area contributed by atoms with E-state index in [4.69, 9.17) is 39.5 Å². The minimum Gasteiger partial charge on any atom is -0.377 e. The zero-order chi connectivity index (χ0) is 16.2. The molecule has 1 aliphatic heterocycles. The van der Waals surface area contributed by atoms with Crippen LogP contribution in [0.3, 0.4) is 0 Å². The van der Waals surface area contributed by atoms with Gasteiger partial charge in [0.2, 0.25) is 3.79 Å². The molecule has 0 bridgehead atoms. The fourth-order valence-electron chi connectivity index (χ4n) is 2.12. The highest BCUT2D eigenvalue weighted by Crippen LogP contribution is 2.29. The molecule has 0 radical (unpaired) electrons. The van der Waals surface area contributed by atoms with Crippen LogP contribution < -0.4 is 10.6 Å². The summed E-state index contributed by atoms with van der Waals surface area (Å²) in [7, 11) is 0. The lowest BCUT2D eigenvalue weighted by Crippen LogP contribution is -2.54. The molecule has 2 rings (SSSR count). The van der Waals surface area contributed by atoms with Gasteiger partial charge in [-0.05, 0) is 37.1 Å². The van der Waals surface area contributed by atoms with Crippen LogP contribution in [0.25, 0.3) is 0 Å². The molecule has 8 heteroatoms. The summed E-state index contributed by atoms with van der Waals surface area (Å²) in [6.07, 6.45) is 1.26. The maximum atomic E-state index is 12.2. The zero-order valence-corrected chi connectivity index (χ0v) is 15.5. The number of hydrogen-bond acceptors (Lipinski definition) is 3. The van der Waals surface area contributed by atoms with Crippen molar-refractivity contribution in [3.05, 3.63) is 34.3 Å². The third-order valence-corrected chi connectivity index (χ3v) is 4.47. The molecule has 0 unspecified atom stereocenters. The van der Waals surface area contributed by atoms with E-state index in [-0.39, 0.29) is 12.0 Å². The molecule has 1 fully saturated rings. The minimum absolute atomic E-state index is 0.0828. The summed E-state index contributed by atoms with van der Waals surface area (Å²) in [5, 5.41) is 5.75. The molecule has 0 aliphatic carbocycles. The van der Waals surface area contributed by atoms with Crippen LogP contribution in [0.15, 0.2) is 28.7 Å². The molecule has 0 saturated carbocycles. The average Bonchev–Trinajstić information content (AvgIpc) is 2.96. The van der Waals surface area contributed by atoms with E-state index in [0.717, 1.165) is 23.9 Å². The quantitative estimate of drug-likeness (QED) is 0.554. The molecule has 1 aromatic carbocycles. The Hall–Kier alpha value is -0.0400. The number of benzene rings is 1. The highest BCUT2D eigenvalue weighted by Gasteiger charge is 2.34. The third kappa shape index (κ3) is 5.55. The van der Waals surface area contributed by atoms with Gasteiger partial charge in [-0.3, -0.25) is 10.1 Å². The molecule has 4 nitrogen and oxygen atoms in total. The van der Waals surface area contributed by atoms with Gasteiger partial charge in [-0.1, -0.05) is 50.7 Å². The molecule has 122 valence electrons. The standard InChI is InChI=1S/C14H16BrCl3N2O2/c15-10-5-3-9(4-6-10)12(21)20-13(14(16,17)18)19-8-11-2-1-7-22-11/h3-6,11,13,19H,1-2,7-8H2,(H,20,21)/t11-,13-/m0/s1. The molecule has 0 aromatic heterocycles. The summed E-state index contributed by atoms with van der Waals surface area (Å²) < 4.78 is 4.73. The van der Waals surface area contributed by atoms with Crippen LogP contribution in [0.1, 0.15) is 23.2 Å². The smallest absolute Gasteiger partial charge is 0.252 e. The lowest BCUT2D eigenvalue weighted by atomic mass is 10.2. The van der Waals surface area contributed by atoms with Crippen LogP contribution in [-0.4, -0.2) is 35.1 Å². The predicted octanol–water partition coefficient (Wildman–Crippen LogP) is 3.64. The SMILES string of the molecule is O=C(N[C@H](NC[C@@H]1CCCO1)C(Cl)(Cl)Cl)c1ccc(Br)cc1. The number of nitrogens with one attached hydrogen (secondary N) is 2. The summed E-state index contributed by atoms with van der Waals surface area (Å²) in [6, 6.07) is 6.93. The fraction of sp³-hybridized carbons (Fsp3) is 0.500. The topological polar surface area (TPSA) is 50.4 Å². The van der Waals surface area contributed by atoms with Gasteiger partial charge in [0, 0.05) is 23.2 Å². The van der Waals surface area contributed by atoms with Gasteiger partial charge in [-0.15, -0.1) is 0 Å². The maximum absolute atomic E-state index is 12.2. The molecule has 1 amide bonds. The van der Waals surface area contributed by atoms with Crippen LogP contribution in [0, 0.1) is 0 Å². The lowest BCUT2D eigenvalue weighted by Gasteiger charge is -2.27. The second-order valence-corrected chi connectivity index (χ2v) is 8.28. The summed E-state index contributed by atoms with van der Waals surface area (Å²) >= 11 is 21.2. The molecule has 1 aliphatic rings. The number of amides is 1. The number of rotatable bonds is 5. The predicted molar refractivity (Wildman–Crippen MR) is 92.7 cm³/mol. The van der Waals surface area contributed by atoms with E-state index in [0.29, 0.717) is 12.1 Å². The van der Waals surface area contributed by atoms with Crippen LogP contribution in [-0.2, 0) is 4.74 Å². The summed E-state index contributed by atoms with van der Waals surface area (Å²) in [5.74, 6) is -0.316. The van der Waals surface area contributed by atoms with Crippen molar-refractivity contribution in [2.75, 3.05) is 13.2 Å². The largest absolute Gasteiger partial charge is 0.377 e. The second-order valence-electron chi connectivity index (χ2n) is 5.00. The van der Waals surface area contributed by atoms with Crippen molar-refractivity contribution in [2.24, 2.45) is 0 Å². The van der Waals surface area contributed by atoms with Crippen molar-refractivity contribution < 1.29 is 9.53 Å². The summed E-state index contributed by atoms with van der Waals surface area (Å²) in [5.41, 5.74) is 0.487. The number of halogens is 4. The second kappa shape index (κ2) is 8.18. The Morgan fingerprint density at radius 3 is 2.59 bits per heavy atom. The number of hydrogen-bond donors (Lipinski definition) is 2. The van der Waals surface area contributed by atoms with Gasteiger partial charge in [0.25, 0.3) is 5.91 Å². The van der Waals surface area contributed by atoms with Gasteiger partial charge in [0.15, 0.2) is 0 Å². The zero-order valence-electron chi connectivity index (χ0n) is 11.6. The van der Waals surface area contributed by atoms with E-state index < -0.39 is 9.96 Å². The van der Waals surface area contributed by atoms with Crippen molar-refractivity contribution in [2.45, 2.75) is 28.9 Å². The number of alkyl halides is 3. The summed E-state index contributed by atoms with van der Waals surface area (Å²) in [6.45, 7) is 1.26. The Balaban J connectivity index is 1.96. The van der Waals surface area contributed by atoms with Crippen LogP contribution in [0.5, 0.6) is 0 Å². The van der Waals surface area contributed by atoms with Crippen molar-refractivity contribution in [3.63, 3.8) is 0 Å². The van der Waals surface area contributed by atoms with E-state index >= 15 is 0 Å². The molecule has 0 spiro atoms. The Morgan fingerprint density at radius 2 is 2.05 bits per heavy atom. The van der Waals surface area contributed by atoms with Gasteiger partial charge in [0.1, 0.15) is 6.17 Å². The van der Waals surface area contributed by atoms with Gasteiger partial charge >= 0.3 is 0 Å². The number of carbonyl (C=O) groups is 1. The van der Waals surface area contributed by atoms with Gasteiger partial charge in [0.05, 0.1) is 6.10 Å². The maximum Gasteiger partial charge on any atom is 0.252 e. The van der Waals surface area contributed by atoms with E-state index in [1.807, 2.05) is 0 Å². The van der Waals surface area contributed by atoms with E-state index in [1.54, 1.807) is 24.3 Å². The van der Waals surface area contributed by atoms with Crippen molar-refractivity contribution >= 4 is 56.6 Å².